The van der Waals surface area contributed by atoms with Crippen LogP contribution in [-0.2, 0) is 14.3 Å². The van der Waals surface area contributed by atoms with E-state index in [0.717, 1.165) is 0 Å². The van der Waals surface area contributed by atoms with Crippen LogP contribution in [0.2, 0.25) is 0 Å². The van der Waals surface area contributed by atoms with E-state index in [1.54, 1.807) is 13.8 Å². The van der Waals surface area contributed by atoms with Gasteiger partial charge in [0.05, 0.1) is 19.1 Å². The lowest BCUT2D eigenvalue weighted by molar-refractivity contribution is -0.157. The summed E-state index contributed by atoms with van der Waals surface area (Å²) in [5.41, 5.74) is 0. The largest absolute Gasteiger partial charge is 0.481 e. The molecule has 5 heteroatoms. The van der Waals surface area contributed by atoms with Gasteiger partial charge in [0.2, 0.25) is 0 Å². The van der Waals surface area contributed by atoms with Crippen LogP contribution >= 0.6 is 0 Å². The Morgan fingerprint density at radius 3 is 2.69 bits per heavy atom. The van der Waals surface area contributed by atoms with Crippen LogP contribution < -0.4 is 0 Å². The molecule has 0 aromatic rings. The lowest BCUT2D eigenvalue weighted by atomic mass is 10.1. The zero-order valence-corrected chi connectivity index (χ0v) is 7.69. The van der Waals surface area contributed by atoms with Gasteiger partial charge in [0, 0.05) is 0 Å². The van der Waals surface area contributed by atoms with Crippen molar-refractivity contribution < 1.29 is 24.5 Å². The van der Waals surface area contributed by atoms with E-state index in [-0.39, 0.29) is 13.0 Å². The van der Waals surface area contributed by atoms with Crippen LogP contribution in [0.15, 0.2) is 0 Å². The Kier molecular flexibility index (Phi) is 2.90. The average Bonchev–Trinajstić information content (AvgIpc) is 2.28. The molecule has 1 rings (SSSR count). The van der Waals surface area contributed by atoms with Gasteiger partial charge in [-0.3, -0.25) is 4.79 Å². The smallest absolute Gasteiger partial charge is 0.306 e. The van der Waals surface area contributed by atoms with Crippen LogP contribution in [0.25, 0.3) is 0 Å². The summed E-state index contributed by atoms with van der Waals surface area (Å²) in [4.78, 5) is 10.3. The van der Waals surface area contributed by atoms with E-state index in [9.17, 15) is 9.90 Å². The summed E-state index contributed by atoms with van der Waals surface area (Å²) in [5.74, 6) is -1.76. The highest BCUT2D eigenvalue weighted by Gasteiger charge is 2.37. The third-order valence-corrected chi connectivity index (χ3v) is 1.84. The Labute approximate surface area is 76.3 Å². The Morgan fingerprint density at radius 1 is 1.69 bits per heavy atom. The summed E-state index contributed by atoms with van der Waals surface area (Å²) in [5, 5.41) is 17.8. The quantitative estimate of drug-likeness (QED) is 0.653. The second-order valence-corrected chi connectivity index (χ2v) is 3.53. The van der Waals surface area contributed by atoms with Gasteiger partial charge in [0.1, 0.15) is 6.10 Å². The van der Waals surface area contributed by atoms with Crippen LogP contribution in [0.5, 0.6) is 0 Å². The fraction of sp³-hybridized carbons (Fsp3) is 0.875. The van der Waals surface area contributed by atoms with Crippen LogP contribution in [0.4, 0.5) is 0 Å². The summed E-state index contributed by atoms with van der Waals surface area (Å²) in [6.45, 7) is 3.68. The van der Waals surface area contributed by atoms with Gasteiger partial charge in [-0.25, -0.2) is 0 Å². The normalized spacial score (nSPS) is 28.7. The maximum Gasteiger partial charge on any atom is 0.306 e. The van der Waals surface area contributed by atoms with E-state index in [2.05, 4.69) is 0 Å². The Balaban J connectivity index is 2.42. The molecular weight excluding hydrogens is 176 g/mol. The van der Waals surface area contributed by atoms with E-state index >= 15 is 0 Å². The van der Waals surface area contributed by atoms with Gasteiger partial charge in [-0.15, -0.1) is 0 Å². The Hall–Kier alpha value is -0.650. The van der Waals surface area contributed by atoms with Crippen molar-refractivity contribution in [3.05, 3.63) is 0 Å². The van der Waals surface area contributed by atoms with E-state index in [4.69, 9.17) is 14.6 Å². The summed E-state index contributed by atoms with van der Waals surface area (Å²) in [7, 11) is 0. The van der Waals surface area contributed by atoms with E-state index in [0.29, 0.717) is 0 Å². The highest BCUT2D eigenvalue weighted by Crippen LogP contribution is 2.24. The molecule has 1 fully saturated rings. The summed E-state index contributed by atoms with van der Waals surface area (Å²) >= 11 is 0. The van der Waals surface area contributed by atoms with Crippen LogP contribution in [0, 0.1) is 0 Å². The lowest BCUT2D eigenvalue weighted by Crippen LogP contribution is -2.32. The molecule has 2 N–H and O–H groups in total. The first-order chi connectivity index (χ1) is 5.91. The van der Waals surface area contributed by atoms with Crippen molar-refractivity contribution in [2.75, 3.05) is 6.61 Å². The lowest BCUT2D eigenvalue weighted by Gasteiger charge is -2.19. The van der Waals surface area contributed by atoms with Gasteiger partial charge in [-0.1, -0.05) is 0 Å². The van der Waals surface area contributed by atoms with Crippen molar-refractivity contribution in [1.29, 1.82) is 0 Å². The van der Waals surface area contributed by atoms with Gasteiger partial charge in [0.15, 0.2) is 5.79 Å². The van der Waals surface area contributed by atoms with Crippen LogP contribution in [0.3, 0.4) is 0 Å². The van der Waals surface area contributed by atoms with Gasteiger partial charge in [0.25, 0.3) is 0 Å². The third-order valence-electron chi connectivity index (χ3n) is 1.84. The molecule has 0 aliphatic carbocycles. The molecule has 0 aromatic heterocycles. The van der Waals surface area contributed by atoms with Crippen molar-refractivity contribution in [3.8, 4) is 0 Å². The number of hydrogen-bond acceptors (Lipinski definition) is 4. The number of carboxylic acids is 1. The standard InChI is InChI=1S/C8H14O5/c1-8(2)12-4-6(13-8)5(9)3-7(10)11/h5-6,9H,3-4H2,1-2H3,(H,10,11)/t5-,6?/m1/s1. The number of aliphatic hydroxyl groups is 1. The molecule has 0 amide bonds. The first-order valence-electron chi connectivity index (χ1n) is 4.12. The highest BCUT2D eigenvalue weighted by molar-refractivity contribution is 5.67. The predicted octanol–water partition coefficient (Wildman–Crippen LogP) is -0.0265. The predicted molar refractivity (Wildman–Crippen MR) is 43.2 cm³/mol. The maximum absolute atomic E-state index is 10.3. The molecule has 0 bridgehead atoms. The van der Waals surface area contributed by atoms with Crippen LogP contribution in [0.1, 0.15) is 20.3 Å². The van der Waals surface area contributed by atoms with Gasteiger partial charge in [-0.2, -0.15) is 0 Å². The monoisotopic (exact) mass is 190 g/mol. The molecule has 0 radical (unpaired) electrons. The van der Waals surface area contributed by atoms with E-state index < -0.39 is 24.0 Å². The Morgan fingerprint density at radius 2 is 2.31 bits per heavy atom. The topological polar surface area (TPSA) is 76.0 Å². The van der Waals surface area contributed by atoms with Gasteiger partial charge in [-0.05, 0) is 13.8 Å². The molecular formula is C8H14O5. The number of carboxylic acid groups (broad SMARTS) is 1. The van der Waals surface area contributed by atoms with Crippen LogP contribution in [-0.4, -0.2) is 40.8 Å². The van der Waals surface area contributed by atoms with Crippen molar-refractivity contribution in [2.24, 2.45) is 0 Å². The molecule has 13 heavy (non-hydrogen) atoms. The zero-order valence-electron chi connectivity index (χ0n) is 7.69. The molecule has 1 aliphatic heterocycles. The molecule has 1 aliphatic rings. The molecule has 1 heterocycles. The maximum atomic E-state index is 10.3. The second-order valence-electron chi connectivity index (χ2n) is 3.53. The molecule has 2 atom stereocenters. The fourth-order valence-corrected chi connectivity index (χ4v) is 1.22. The number of hydrogen-bond donors (Lipinski definition) is 2. The number of ether oxygens (including phenoxy) is 2. The van der Waals surface area contributed by atoms with Crippen molar-refractivity contribution in [3.63, 3.8) is 0 Å². The number of carbonyl (C=O) groups is 1. The first kappa shape index (κ1) is 10.4. The molecule has 76 valence electrons. The molecule has 5 nitrogen and oxygen atoms in total. The minimum absolute atomic E-state index is 0.238. The van der Waals surface area contributed by atoms with E-state index in [1.807, 2.05) is 0 Å². The highest BCUT2D eigenvalue weighted by atomic mass is 16.7. The van der Waals surface area contributed by atoms with E-state index in [1.165, 1.54) is 0 Å². The molecule has 0 spiro atoms. The molecule has 1 unspecified atom stereocenters. The number of aliphatic hydroxyl groups excluding tert-OH is 1. The zero-order chi connectivity index (χ0) is 10.1. The van der Waals surface area contributed by atoms with Crippen molar-refractivity contribution in [1.82, 2.24) is 0 Å². The third kappa shape index (κ3) is 2.95. The minimum Gasteiger partial charge on any atom is -0.481 e. The fourth-order valence-electron chi connectivity index (χ4n) is 1.22. The first-order valence-corrected chi connectivity index (χ1v) is 4.12. The van der Waals surface area contributed by atoms with Gasteiger partial charge >= 0.3 is 5.97 Å². The SMILES string of the molecule is CC1(C)OCC([C@H](O)CC(=O)O)O1. The summed E-state index contributed by atoms with van der Waals surface area (Å²) in [6.07, 6.45) is -1.85. The molecule has 0 saturated carbocycles. The number of aliphatic carboxylic acids is 1. The second kappa shape index (κ2) is 3.61. The molecule has 0 aromatic carbocycles. The summed E-state index contributed by atoms with van der Waals surface area (Å²) in [6, 6.07) is 0. The Bertz CT molecular complexity index is 201. The average molecular weight is 190 g/mol. The summed E-state index contributed by atoms with van der Waals surface area (Å²) < 4.78 is 10.5. The van der Waals surface area contributed by atoms with Crippen molar-refractivity contribution >= 4 is 5.97 Å². The number of rotatable bonds is 3. The van der Waals surface area contributed by atoms with Crippen molar-refractivity contribution in [2.45, 2.75) is 38.3 Å². The van der Waals surface area contributed by atoms with Gasteiger partial charge < -0.3 is 19.7 Å². The minimum atomic E-state index is -1.04. The molecule has 1 saturated heterocycles.